The smallest absolute Gasteiger partial charge is 0.335 e. The third kappa shape index (κ3) is 4.49. The average molecular weight is 340 g/mol. The largest absolute Gasteiger partial charge is 0.478 e. The van der Waals surface area contributed by atoms with Crippen LogP contribution < -0.4 is 5.43 Å². The lowest BCUT2D eigenvalue weighted by Gasteiger charge is -2.08. The van der Waals surface area contributed by atoms with Gasteiger partial charge in [-0.2, -0.15) is 5.10 Å². The zero-order chi connectivity index (χ0) is 17.7. The highest BCUT2D eigenvalue weighted by Gasteiger charge is 2.05. The molecule has 0 aromatic heterocycles. The van der Waals surface area contributed by atoms with Gasteiger partial charge in [0.25, 0.3) is 0 Å². The first-order chi connectivity index (χ1) is 11.4. The highest BCUT2D eigenvalue weighted by molar-refractivity contribution is 7.80. The Morgan fingerprint density at radius 2 is 1.50 bits per heavy atom. The second-order valence-electron chi connectivity index (χ2n) is 5.80. The van der Waals surface area contributed by atoms with Crippen molar-refractivity contribution >= 4 is 28.9 Å². The fourth-order valence-electron chi connectivity index (χ4n) is 2.14. The van der Waals surface area contributed by atoms with Gasteiger partial charge in [-0.15, -0.1) is 0 Å². The predicted octanol–water partition coefficient (Wildman–Crippen LogP) is 4.20. The number of nitrogens with one attached hydrogen (secondary N) is 1. The molecule has 124 valence electrons. The summed E-state index contributed by atoms with van der Waals surface area (Å²) < 4.78 is 0. The van der Waals surface area contributed by atoms with E-state index in [-0.39, 0.29) is 5.56 Å². The SMILES string of the molecule is C/C(=N\NC(=S)c1ccc(C(C)C)cc1)c1ccc(C(=O)O)cc1. The third-order valence-corrected chi connectivity index (χ3v) is 4.04. The molecule has 2 rings (SSSR count). The van der Waals surface area contributed by atoms with Gasteiger partial charge in [0.2, 0.25) is 0 Å². The van der Waals surface area contributed by atoms with E-state index in [1.165, 1.54) is 5.56 Å². The molecule has 0 unspecified atom stereocenters. The first-order valence-corrected chi connectivity index (χ1v) is 8.07. The van der Waals surface area contributed by atoms with Gasteiger partial charge in [-0.3, -0.25) is 5.43 Å². The number of nitrogens with zero attached hydrogens (tertiary/aromatic N) is 1. The molecular weight excluding hydrogens is 320 g/mol. The Hall–Kier alpha value is -2.53. The molecule has 0 bridgehead atoms. The van der Waals surface area contributed by atoms with Crippen molar-refractivity contribution in [2.45, 2.75) is 26.7 Å². The summed E-state index contributed by atoms with van der Waals surface area (Å²) in [7, 11) is 0. The summed E-state index contributed by atoms with van der Waals surface area (Å²) in [6.45, 7) is 6.14. The number of thiocarbonyl (C=S) groups is 1. The van der Waals surface area contributed by atoms with Gasteiger partial charge < -0.3 is 5.11 Å². The quantitative estimate of drug-likeness (QED) is 0.486. The maximum atomic E-state index is 10.9. The van der Waals surface area contributed by atoms with Crippen LogP contribution in [0.25, 0.3) is 0 Å². The predicted molar refractivity (Wildman–Crippen MR) is 101 cm³/mol. The van der Waals surface area contributed by atoms with E-state index in [0.29, 0.717) is 10.9 Å². The van der Waals surface area contributed by atoms with Crippen LogP contribution in [0.1, 0.15) is 53.7 Å². The minimum absolute atomic E-state index is 0.250. The number of aromatic carboxylic acids is 1. The minimum atomic E-state index is -0.944. The fraction of sp³-hybridized carbons (Fsp3) is 0.211. The molecule has 0 radical (unpaired) electrons. The van der Waals surface area contributed by atoms with Gasteiger partial charge in [-0.05, 0) is 36.1 Å². The summed E-state index contributed by atoms with van der Waals surface area (Å²) in [5.41, 5.74) is 6.88. The van der Waals surface area contributed by atoms with E-state index in [2.05, 4.69) is 36.5 Å². The first-order valence-electron chi connectivity index (χ1n) is 7.67. The van der Waals surface area contributed by atoms with E-state index < -0.39 is 5.97 Å². The van der Waals surface area contributed by atoms with Crippen LogP contribution in [0.2, 0.25) is 0 Å². The Morgan fingerprint density at radius 3 is 2.00 bits per heavy atom. The van der Waals surface area contributed by atoms with E-state index >= 15 is 0 Å². The normalized spacial score (nSPS) is 11.4. The Balaban J connectivity index is 2.05. The van der Waals surface area contributed by atoms with Crippen molar-refractivity contribution in [3.63, 3.8) is 0 Å². The number of benzene rings is 2. The van der Waals surface area contributed by atoms with Gasteiger partial charge in [-0.1, -0.05) is 62.5 Å². The second kappa shape index (κ2) is 7.84. The number of carboxylic acid groups (broad SMARTS) is 1. The maximum Gasteiger partial charge on any atom is 0.335 e. The standard InChI is InChI=1S/C19H20N2O2S/c1-12(2)14-4-8-16(9-5-14)18(24)21-20-13(3)15-6-10-17(11-7-15)19(22)23/h4-12H,1-3H3,(H,21,24)(H,22,23)/b20-13+. The van der Waals surface area contributed by atoms with Crippen LogP contribution in [-0.2, 0) is 0 Å². The Bertz CT molecular complexity index is 763. The lowest BCUT2D eigenvalue weighted by atomic mass is 10.0. The summed E-state index contributed by atoms with van der Waals surface area (Å²) in [5, 5.41) is 13.2. The molecule has 4 nitrogen and oxygen atoms in total. The van der Waals surface area contributed by atoms with Crippen LogP contribution in [0.15, 0.2) is 53.6 Å². The molecular formula is C19H20N2O2S. The van der Waals surface area contributed by atoms with E-state index in [0.717, 1.165) is 16.8 Å². The van der Waals surface area contributed by atoms with Gasteiger partial charge in [-0.25, -0.2) is 4.79 Å². The molecule has 0 heterocycles. The summed E-state index contributed by atoms with van der Waals surface area (Å²) in [4.78, 5) is 11.4. The Morgan fingerprint density at radius 1 is 1.00 bits per heavy atom. The molecule has 0 aliphatic rings. The zero-order valence-corrected chi connectivity index (χ0v) is 14.7. The monoisotopic (exact) mass is 340 g/mol. The van der Waals surface area contributed by atoms with E-state index in [4.69, 9.17) is 17.3 Å². The molecule has 0 fully saturated rings. The molecule has 0 saturated carbocycles. The minimum Gasteiger partial charge on any atom is -0.478 e. The van der Waals surface area contributed by atoms with Crippen molar-refractivity contribution in [3.8, 4) is 0 Å². The zero-order valence-electron chi connectivity index (χ0n) is 13.9. The van der Waals surface area contributed by atoms with Crippen LogP contribution in [-0.4, -0.2) is 21.8 Å². The van der Waals surface area contributed by atoms with Gasteiger partial charge in [0, 0.05) is 5.56 Å². The highest BCUT2D eigenvalue weighted by atomic mass is 32.1. The first kappa shape index (κ1) is 17.8. The van der Waals surface area contributed by atoms with Crippen molar-refractivity contribution in [3.05, 3.63) is 70.8 Å². The van der Waals surface area contributed by atoms with Gasteiger partial charge >= 0.3 is 5.97 Å². The molecule has 2 aromatic rings. The van der Waals surface area contributed by atoms with Gasteiger partial charge in [0.15, 0.2) is 0 Å². The average Bonchev–Trinajstić information content (AvgIpc) is 2.59. The number of hydrogen-bond donors (Lipinski definition) is 2. The number of carboxylic acids is 1. The van der Waals surface area contributed by atoms with Crippen LogP contribution in [0, 0.1) is 0 Å². The highest BCUT2D eigenvalue weighted by Crippen LogP contribution is 2.15. The van der Waals surface area contributed by atoms with E-state index in [9.17, 15) is 4.79 Å². The van der Waals surface area contributed by atoms with Crippen LogP contribution in [0.4, 0.5) is 0 Å². The molecule has 0 spiro atoms. The lowest BCUT2D eigenvalue weighted by molar-refractivity contribution is 0.0697. The summed E-state index contributed by atoms with van der Waals surface area (Å²) in [6, 6.07) is 14.7. The molecule has 0 amide bonds. The summed E-state index contributed by atoms with van der Waals surface area (Å²) in [6.07, 6.45) is 0. The number of hydrogen-bond acceptors (Lipinski definition) is 3. The topological polar surface area (TPSA) is 61.7 Å². The van der Waals surface area contributed by atoms with Crippen molar-refractivity contribution < 1.29 is 9.90 Å². The van der Waals surface area contributed by atoms with Gasteiger partial charge in [0.05, 0.1) is 11.3 Å². The molecule has 2 aromatic carbocycles. The van der Waals surface area contributed by atoms with Crippen molar-refractivity contribution in [2.75, 3.05) is 0 Å². The summed E-state index contributed by atoms with van der Waals surface area (Å²) in [5.74, 6) is -0.463. The maximum absolute atomic E-state index is 10.9. The number of hydrazone groups is 1. The van der Waals surface area contributed by atoms with Crippen molar-refractivity contribution in [1.29, 1.82) is 0 Å². The molecule has 0 aliphatic heterocycles. The number of carbonyl (C=O) groups is 1. The molecule has 0 aliphatic carbocycles. The lowest BCUT2D eigenvalue weighted by Crippen LogP contribution is -2.18. The molecule has 5 heteroatoms. The second-order valence-corrected chi connectivity index (χ2v) is 6.21. The van der Waals surface area contributed by atoms with Crippen LogP contribution >= 0.6 is 12.2 Å². The van der Waals surface area contributed by atoms with E-state index in [1.54, 1.807) is 24.3 Å². The van der Waals surface area contributed by atoms with Gasteiger partial charge in [0.1, 0.15) is 4.99 Å². The van der Waals surface area contributed by atoms with Crippen molar-refractivity contribution in [1.82, 2.24) is 5.43 Å². The molecule has 24 heavy (non-hydrogen) atoms. The number of rotatable bonds is 5. The summed E-state index contributed by atoms with van der Waals surface area (Å²) >= 11 is 5.36. The Kier molecular flexibility index (Phi) is 5.82. The molecule has 0 atom stereocenters. The van der Waals surface area contributed by atoms with Crippen LogP contribution in [0.3, 0.4) is 0 Å². The Labute approximate surface area is 147 Å². The van der Waals surface area contributed by atoms with E-state index in [1.807, 2.05) is 19.1 Å². The fourth-order valence-corrected chi connectivity index (χ4v) is 2.32. The molecule has 2 N–H and O–H groups in total. The molecule has 0 saturated heterocycles. The van der Waals surface area contributed by atoms with Crippen molar-refractivity contribution in [2.24, 2.45) is 5.10 Å². The third-order valence-electron chi connectivity index (χ3n) is 3.71. The van der Waals surface area contributed by atoms with Crippen LogP contribution in [0.5, 0.6) is 0 Å².